The van der Waals surface area contributed by atoms with E-state index in [1.807, 2.05) is 19.3 Å². The highest BCUT2D eigenvalue weighted by atomic mass is 15.2. The molecular weight excluding hydrogens is 212 g/mol. The summed E-state index contributed by atoms with van der Waals surface area (Å²) in [5, 5.41) is 3.37. The van der Waals surface area contributed by atoms with E-state index in [1.54, 1.807) is 0 Å². The van der Waals surface area contributed by atoms with Gasteiger partial charge in [0.2, 0.25) is 0 Å². The molecule has 0 amide bonds. The normalized spacial score (nSPS) is 26.1. The first-order valence-corrected chi connectivity index (χ1v) is 6.38. The minimum Gasteiger partial charge on any atom is -0.317 e. The van der Waals surface area contributed by atoms with E-state index < -0.39 is 0 Å². The Bertz CT molecular complexity index is 349. The third kappa shape index (κ3) is 3.23. The maximum atomic E-state index is 4.43. The summed E-state index contributed by atoms with van der Waals surface area (Å²) >= 11 is 0. The Morgan fingerprint density at radius 2 is 2.24 bits per heavy atom. The Balaban J connectivity index is 1.93. The van der Waals surface area contributed by atoms with Crippen LogP contribution in [-0.4, -0.2) is 40.5 Å². The average Bonchev–Trinajstić information content (AvgIpc) is 2.34. The van der Waals surface area contributed by atoms with Crippen molar-refractivity contribution in [2.75, 3.05) is 13.6 Å². The number of nitrogens with one attached hydrogen (secondary N) is 1. The van der Waals surface area contributed by atoms with Gasteiger partial charge in [-0.3, -0.25) is 14.9 Å². The van der Waals surface area contributed by atoms with Crippen molar-refractivity contribution in [2.24, 2.45) is 0 Å². The van der Waals surface area contributed by atoms with Gasteiger partial charge in [-0.25, -0.2) is 0 Å². The van der Waals surface area contributed by atoms with Gasteiger partial charge in [0, 0.05) is 37.6 Å². The van der Waals surface area contributed by atoms with Crippen LogP contribution in [0, 0.1) is 6.92 Å². The highest BCUT2D eigenvalue weighted by Gasteiger charge is 2.24. The number of piperidine rings is 1. The zero-order chi connectivity index (χ0) is 12.3. The fourth-order valence-corrected chi connectivity index (χ4v) is 2.43. The van der Waals surface area contributed by atoms with Crippen molar-refractivity contribution in [3.05, 3.63) is 23.8 Å². The largest absolute Gasteiger partial charge is 0.317 e. The van der Waals surface area contributed by atoms with E-state index in [4.69, 9.17) is 0 Å². The number of likely N-dealkylation sites (tertiary alicyclic amines) is 1. The second-order valence-corrected chi connectivity index (χ2v) is 4.98. The fraction of sp³-hybridized carbons (Fsp3) is 0.692. The zero-order valence-corrected chi connectivity index (χ0v) is 11.0. The molecule has 0 radical (unpaired) electrons. The molecule has 0 spiro atoms. The van der Waals surface area contributed by atoms with Crippen LogP contribution in [0.5, 0.6) is 0 Å². The molecule has 2 heterocycles. The minimum atomic E-state index is 0.615. The Morgan fingerprint density at radius 3 is 2.82 bits per heavy atom. The molecule has 0 aromatic carbocycles. The van der Waals surface area contributed by atoms with Crippen molar-refractivity contribution in [2.45, 2.75) is 45.3 Å². The molecule has 2 rings (SSSR count). The number of nitrogens with zero attached hydrogens (tertiary/aromatic N) is 3. The molecule has 2 unspecified atom stereocenters. The maximum Gasteiger partial charge on any atom is 0.0727 e. The monoisotopic (exact) mass is 234 g/mol. The van der Waals surface area contributed by atoms with Gasteiger partial charge in [-0.15, -0.1) is 0 Å². The molecule has 0 saturated carbocycles. The summed E-state index contributed by atoms with van der Waals surface area (Å²) in [5.74, 6) is 0. The summed E-state index contributed by atoms with van der Waals surface area (Å²) < 4.78 is 0. The van der Waals surface area contributed by atoms with Crippen molar-refractivity contribution < 1.29 is 0 Å². The summed E-state index contributed by atoms with van der Waals surface area (Å²) in [6, 6.07) is 1.29. The molecule has 1 fully saturated rings. The smallest absolute Gasteiger partial charge is 0.0727 e. The quantitative estimate of drug-likeness (QED) is 0.857. The number of rotatable bonds is 3. The third-order valence-corrected chi connectivity index (χ3v) is 3.62. The SMILES string of the molecule is CNC1CCN(Cc2cnc(C)cn2)C(C)C1. The lowest BCUT2D eigenvalue weighted by atomic mass is 9.98. The van der Waals surface area contributed by atoms with Crippen molar-refractivity contribution in [3.63, 3.8) is 0 Å². The van der Waals surface area contributed by atoms with Gasteiger partial charge in [0.05, 0.1) is 11.4 Å². The van der Waals surface area contributed by atoms with Gasteiger partial charge in [-0.05, 0) is 33.7 Å². The van der Waals surface area contributed by atoms with Crippen molar-refractivity contribution >= 4 is 0 Å². The molecular formula is C13H22N4. The van der Waals surface area contributed by atoms with E-state index in [2.05, 4.69) is 34.2 Å². The van der Waals surface area contributed by atoms with Crippen LogP contribution in [-0.2, 0) is 6.54 Å². The van der Waals surface area contributed by atoms with Crippen LogP contribution in [0.25, 0.3) is 0 Å². The minimum absolute atomic E-state index is 0.615. The standard InChI is InChI=1S/C13H22N4/c1-10-7-16-13(8-15-10)9-17-5-4-12(14-3)6-11(17)2/h7-8,11-12,14H,4-6,9H2,1-3H3. The molecule has 1 aromatic rings. The first kappa shape index (κ1) is 12.5. The second-order valence-electron chi connectivity index (χ2n) is 4.98. The van der Waals surface area contributed by atoms with Gasteiger partial charge in [0.15, 0.2) is 0 Å². The second kappa shape index (κ2) is 5.56. The summed E-state index contributed by atoms with van der Waals surface area (Å²) in [4.78, 5) is 11.2. The van der Waals surface area contributed by atoms with Crippen molar-refractivity contribution in [1.29, 1.82) is 0 Å². The number of aromatic nitrogens is 2. The molecule has 4 nitrogen and oxygen atoms in total. The van der Waals surface area contributed by atoms with Gasteiger partial charge < -0.3 is 5.32 Å². The van der Waals surface area contributed by atoms with Crippen LogP contribution < -0.4 is 5.32 Å². The number of hydrogen-bond acceptors (Lipinski definition) is 4. The van der Waals surface area contributed by atoms with E-state index in [9.17, 15) is 0 Å². The molecule has 2 atom stereocenters. The zero-order valence-electron chi connectivity index (χ0n) is 11.0. The van der Waals surface area contributed by atoms with Gasteiger partial charge in [-0.1, -0.05) is 0 Å². The van der Waals surface area contributed by atoms with E-state index in [0.29, 0.717) is 12.1 Å². The van der Waals surface area contributed by atoms with Gasteiger partial charge in [0.1, 0.15) is 0 Å². The molecule has 1 aliphatic rings. The Labute approximate surface area is 103 Å². The van der Waals surface area contributed by atoms with Crippen LogP contribution in [0.15, 0.2) is 12.4 Å². The van der Waals surface area contributed by atoms with Gasteiger partial charge in [0.25, 0.3) is 0 Å². The van der Waals surface area contributed by atoms with Crippen molar-refractivity contribution in [1.82, 2.24) is 20.2 Å². The lowest BCUT2D eigenvalue weighted by Gasteiger charge is -2.37. The first-order chi connectivity index (χ1) is 8.19. The molecule has 17 heavy (non-hydrogen) atoms. The molecule has 1 N–H and O–H groups in total. The van der Waals surface area contributed by atoms with Gasteiger partial charge in [-0.2, -0.15) is 0 Å². The number of aryl methyl sites for hydroxylation is 1. The summed E-state index contributed by atoms with van der Waals surface area (Å²) in [6.07, 6.45) is 6.18. The summed E-state index contributed by atoms with van der Waals surface area (Å²) in [7, 11) is 2.05. The molecule has 0 aliphatic carbocycles. The van der Waals surface area contributed by atoms with E-state index in [0.717, 1.165) is 24.5 Å². The first-order valence-electron chi connectivity index (χ1n) is 6.38. The van der Waals surface area contributed by atoms with Crippen LogP contribution >= 0.6 is 0 Å². The molecule has 94 valence electrons. The summed E-state index contributed by atoms with van der Waals surface area (Å²) in [6.45, 7) is 6.33. The van der Waals surface area contributed by atoms with E-state index in [-0.39, 0.29) is 0 Å². The third-order valence-electron chi connectivity index (χ3n) is 3.62. The lowest BCUT2D eigenvalue weighted by Crippen LogP contribution is -2.46. The molecule has 0 bridgehead atoms. The Kier molecular flexibility index (Phi) is 4.07. The van der Waals surface area contributed by atoms with Gasteiger partial charge >= 0.3 is 0 Å². The highest BCUT2D eigenvalue weighted by Crippen LogP contribution is 2.18. The number of hydrogen-bond donors (Lipinski definition) is 1. The van der Waals surface area contributed by atoms with E-state index >= 15 is 0 Å². The maximum absolute atomic E-state index is 4.43. The molecule has 4 heteroatoms. The van der Waals surface area contributed by atoms with Crippen LogP contribution in [0.4, 0.5) is 0 Å². The molecule has 1 aromatic heterocycles. The fourth-order valence-electron chi connectivity index (χ4n) is 2.43. The topological polar surface area (TPSA) is 41.0 Å². The highest BCUT2D eigenvalue weighted by molar-refractivity contribution is 5.01. The van der Waals surface area contributed by atoms with Crippen LogP contribution in [0.2, 0.25) is 0 Å². The van der Waals surface area contributed by atoms with Crippen molar-refractivity contribution in [3.8, 4) is 0 Å². The molecule has 1 saturated heterocycles. The predicted molar refractivity (Wildman–Crippen MR) is 68.7 cm³/mol. The Hall–Kier alpha value is -1.00. The lowest BCUT2D eigenvalue weighted by molar-refractivity contribution is 0.129. The van der Waals surface area contributed by atoms with E-state index in [1.165, 1.54) is 12.8 Å². The van der Waals surface area contributed by atoms with Crippen LogP contribution in [0.3, 0.4) is 0 Å². The average molecular weight is 234 g/mol. The molecule has 1 aliphatic heterocycles. The summed E-state index contributed by atoms with van der Waals surface area (Å²) in [5.41, 5.74) is 2.06. The van der Waals surface area contributed by atoms with Crippen LogP contribution in [0.1, 0.15) is 31.2 Å². The predicted octanol–water partition coefficient (Wildman–Crippen LogP) is 1.36. The Morgan fingerprint density at radius 1 is 1.41 bits per heavy atom.